The maximum absolute atomic E-state index is 5.37. The Labute approximate surface area is 420 Å². The Balaban J connectivity index is 0.898. The molecule has 336 valence electrons. The number of aromatic nitrogens is 4. The van der Waals surface area contributed by atoms with Crippen molar-refractivity contribution in [2.45, 2.75) is 0 Å². The molecule has 0 amide bonds. The molecule has 3 heterocycles. The smallest absolute Gasteiger partial charge is 0.164 e. The van der Waals surface area contributed by atoms with Gasteiger partial charge < -0.3 is 4.57 Å². The van der Waals surface area contributed by atoms with Crippen molar-refractivity contribution in [2.75, 3.05) is 0 Å². The van der Waals surface area contributed by atoms with E-state index in [9.17, 15) is 0 Å². The van der Waals surface area contributed by atoms with E-state index in [1.54, 1.807) is 11.3 Å². The van der Waals surface area contributed by atoms with Crippen LogP contribution in [0.1, 0.15) is 0 Å². The molecular formula is C67H42N4S. The van der Waals surface area contributed by atoms with Gasteiger partial charge in [-0.15, -0.1) is 11.3 Å². The van der Waals surface area contributed by atoms with Gasteiger partial charge >= 0.3 is 0 Å². The molecule has 0 radical (unpaired) electrons. The van der Waals surface area contributed by atoms with Gasteiger partial charge in [-0.05, 0) is 128 Å². The van der Waals surface area contributed by atoms with Gasteiger partial charge in [0.25, 0.3) is 0 Å². The van der Waals surface area contributed by atoms with Gasteiger partial charge in [0.2, 0.25) is 0 Å². The molecule has 0 saturated carbocycles. The minimum Gasteiger partial charge on any atom is -0.309 e. The number of nitrogens with zero attached hydrogens (tertiary/aromatic N) is 4. The Morgan fingerprint density at radius 2 is 0.806 bits per heavy atom. The standard InChI is InChI=1S/C67H42N4S/c1-4-16-43(17-5-1)52-37-53(44-18-6-2-7-19-44)39-54(38-52)47-24-14-25-51(36-47)66-68-65(46-21-8-3-9-22-46)69-67(70-66)57-27-15-29-63-64(57)59-42-50(32-35-62(59)72-63)49-31-34-61-58(41-49)56-26-12-13-28-60(56)71(61)55-33-30-45-20-10-11-23-48(45)40-55/h1-42H. The third-order valence-electron chi connectivity index (χ3n) is 14.0. The lowest BCUT2D eigenvalue weighted by molar-refractivity contribution is 1.08. The first-order chi connectivity index (χ1) is 35.6. The molecule has 3 aromatic heterocycles. The Hall–Kier alpha value is -9.29. The fourth-order valence-electron chi connectivity index (χ4n) is 10.5. The molecule has 0 atom stereocenters. The number of benzene rings is 11. The van der Waals surface area contributed by atoms with E-state index in [4.69, 9.17) is 15.0 Å². The van der Waals surface area contributed by atoms with Gasteiger partial charge in [0.1, 0.15) is 0 Å². The molecule has 72 heavy (non-hydrogen) atoms. The van der Waals surface area contributed by atoms with Gasteiger partial charge in [-0.2, -0.15) is 0 Å². The summed E-state index contributed by atoms with van der Waals surface area (Å²) in [6.45, 7) is 0. The zero-order chi connectivity index (χ0) is 47.5. The summed E-state index contributed by atoms with van der Waals surface area (Å²) in [6.07, 6.45) is 0. The van der Waals surface area contributed by atoms with Crippen molar-refractivity contribution in [2.24, 2.45) is 0 Å². The topological polar surface area (TPSA) is 43.6 Å². The average molecular weight is 935 g/mol. The summed E-state index contributed by atoms with van der Waals surface area (Å²) in [5.41, 5.74) is 15.6. The number of hydrogen-bond acceptors (Lipinski definition) is 4. The molecule has 0 aliphatic heterocycles. The van der Waals surface area contributed by atoms with Crippen LogP contribution in [-0.2, 0) is 0 Å². The van der Waals surface area contributed by atoms with Gasteiger partial charge in [0.15, 0.2) is 17.5 Å². The molecule has 0 unspecified atom stereocenters. The Morgan fingerprint density at radius 1 is 0.278 bits per heavy atom. The second-order valence-corrected chi connectivity index (χ2v) is 19.5. The van der Waals surface area contributed by atoms with Crippen LogP contribution in [-0.4, -0.2) is 19.5 Å². The summed E-state index contributed by atoms with van der Waals surface area (Å²) in [5.74, 6) is 1.89. The van der Waals surface area contributed by atoms with E-state index >= 15 is 0 Å². The third kappa shape index (κ3) is 7.34. The second kappa shape index (κ2) is 17.3. The maximum Gasteiger partial charge on any atom is 0.164 e. The molecule has 4 nitrogen and oxygen atoms in total. The lowest BCUT2D eigenvalue weighted by atomic mass is 9.93. The highest BCUT2D eigenvalue weighted by Crippen LogP contribution is 2.43. The Morgan fingerprint density at radius 3 is 1.56 bits per heavy atom. The van der Waals surface area contributed by atoms with Gasteiger partial charge in [-0.3, -0.25) is 0 Å². The molecule has 5 heteroatoms. The summed E-state index contributed by atoms with van der Waals surface area (Å²) in [7, 11) is 0. The summed E-state index contributed by atoms with van der Waals surface area (Å²) < 4.78 is 4.80. The van der Waals surface area contributed by atoms with Crippen molar-refractivity contribution in [1.29, 1.82) is 0 Å². The minimum absolute atomic E-state index is 0.622. The molecule has 0 aliphatic rings. The third-order valence-corrected chi connectivity index (χ3v) is 15.1. The summed E-state index contributed by atoms with van der Waals surface area (Å²) in [4.78, 5) is 15.9. The predicted octanol–water partition coefficient (Wildman–Crippen LogP) is 18.2. The lowest BCUT2D eigenvalue weighted by Crippen LogP contribution is -2.00. The van der Waals surface area contributed by atoms with E-state index < -0.39 is 0 Å². The van der Waals surface area contributed by atoms with E-state index in [1.165, 1.54) is 64.1 Å². The molecule has 0 bridgehead atoms. The number of fused-ring (bicyclic) bond motifs is 7. The van der Waals surface area contributed by atoms with Gasteiger partial charge in [-0.25, -0.2) is 15.0 Å². The first-order valence-electron chi connectivity index (χ1n) is 24.3. The minimum atomic E-state index is 0.622. The SMILES string of the molecule is c1ccc(-c2cc(-c3ccccc3)cc(-c3cccc(-c4nc(-c5ccccc5)nc(-c5cccc6sc7ccc(-c8ccc9c(c8)c8ccccc8n9-c8ccc9ccccc9c8)cc7c56)n4)c3)c2)cc1. The van der Waals surface area contributed by atoms with E-state index in [2.05, 4.69) is 241 Å². The maximum atomic E-state index is 5.37. The lowest BCUT2D eigenvalue weighted by Gasteiger charge is -2.13. The molecule has 0 aliphatic carbocycles. The molecule has 14 aromatic rings. The molecule has 0 saturated heterocycles. The Bertz CT molecular complexity index is 4330. The quantitative estimate of drug-likeness (QED) is 0.152. The largest absolute Gasteiger partial charge is 0.309 e. The zero-order valence-electron chi connectivity index (χ0n) is 38.9. The highest BCUT2D eigenvalue weighted by atomic mass is 32.1. The van der Waals surface area contributed by atoms with Crippen molar-refractivity contribution in [1.82, 2.24) is 19.5 Å². The molecular weight excluding hydrogens is 893 g/mol. The summed E-state index contributed by atoms with van der Waals surface area (Å²) >= 11 is 1.81. The highest BCUT2D eigenvalue weighted by molar-refractivity contribution is 7.26. The first kappa shape index (κ1) is 41.7. The molecule has 0 N–H and O–H groups in total. The van der Waals surface area contributed by atoms with E-state index in [1.807, 2.05) is 18.2 Å². The van der Waals surface area contributed by atoms with E-state index in [-0.39, 0.29) is 0 Å². The molecule has 0 fully saturated rings. The van der Waals surface area contributed by atoms with Gasteiger partial charge in [0, 0.05) is 53.3 Å². The zero-order valence-corrected chi connectivity index (χ0v) is 39.8. The molecule has 11 aromatic carbocycles. The summed E-state index contributed by atoms with van der Waals surface area (Å²) in [5, 5.41) is 7.24. The van der Waals surface area contributed by atoms with Crippen LogP contribution in [0.3, 0.4) is 0 Å². The van der Waals surface area contributed by atoms with Crippen molar-refractivity contribution >= 4 is 64.1 Å². The van der Waals surface area contributed by atoms with Crippen LogP contribution in [0.15, 0.2) is 255 Å². The number of thiophene rings is 1. The number of hydrogen-bond donors (Lipinski definition) is 0. The van der Waals surface area contributed by atoms with Crippen LogP contribution in [0.2, 0.25) is 0 Å². The monoisotopic (exact) mass is 934 g/mol. The molecule has 0 spiro atoms. The van der Waals surface area contributed by atoms with E-state index in [0.29, 0.717) is 17.5 Å². The van der Waals surface area contributed by atoms with Crippen LogP contribution in [0.5, 0.6) is 0 Å². The highest BCUT2D eigenvalue weighted by Gasteiger charge is 2.20. The first-order valence-corrected chi connectivity index (χ1v) is 25.1. The van der Waals surface area contributed by atoms with Crippen LogP contribution < -0.4 is 0 Å². The van der Waals surface area contributed by atoms with Crippen LogP contribution in [0, 0.1) is 0 Å². The van der Waals surface area contributed by atoms with Gasteiger partial charge in [0.05, 0.1) is 11.0 Å². The van der Waals surface area contributed by atoms with Crippen molar-refractivity contribution in [3.8, 4) is 84.4 Å². The predicted molar refractivity (Wildman–Crippen MR) is 303 cm³/mol. The fourth-order valence-corrected chi connectivity index (χ4v) is 11.6. The van der Waals surface area contributed by atoms with Crippen LogP contribution in [0.25, 0.3) is 137 Å². The van der Waals surface area contributed by atoms with Crippen molar-refractivity contribution in [3.63, 3.8) is 0 Å². The Kier molecular flexibility index (Phi) is 10.0. The normalized spacial score (nSPS) is 11.6. The fraction of sp³-hybridized carbons (Fsp3) is 0. The van der Waals surface area contributed by atoms with Crippen molar-refractivity contribution in [3.05, 3.63) is 255 Å². The van der Waals surface area contributed by atoms with Crippen molar-refractivity contribution < 1.29 is 0 Å². The second-order valence-electron chi connectivity index (χ2n) is 18.4. The van der Waals surface area contributed by atoms with Gasteiger partial charge in [-0.1, -0.05) is 182 Å². The summed E-state index contributed by atoms with van der Waals surface area (Å²) in [6, 6.07) is 91.3. The van der Waals surface area contributed by atoms with Crippen LogP contribution >= 0.6 is 11.3 Å². The van der Waals surface area contributed by atoms with E-state index in [0.717, 1.165) is 55.6 Å². The van der Waals surface area contributed by atoms with Crippen LogP contribution in [0.4, 0.5) is 0 Å². The number of para-hydroxylation sites is 1. The average Bonchev–Trinajstić information content (AvgIpc) is 4.01. The molecule has 14 rings (SSSR count). The number of rotatable bonds is 8.